The number of benzene rings is 1. The molecule has 9 heteroatoms. The number of nitrogens with one attached hydrogen (secondary N) is 1. The van der Waals surface area contributed by atoms with Crippen LogP contribution in [0.3, 0.4) is 0 Å². The first kappa shape index (κ1) is 12.0. The third-order valence-corrected chi connectivity index (χ3v) is 4.17. The normalized spacial score (nSPS) is 11.3. The lowest BCUT2D eigenvalue weighted by Crippen LogP contribution is -2.15. The van der Waals surface area contributed by atoms with E-state index in [-0.39, 0.29) is 5.56 Å². The SMILES string of the molecule is COc1ccc2sc3ncc(-c4nnn[nH]4)c(=O)n3c2c1. The van der Waals surface area contributed by atoms with Gasteiger partial charge in [-0.1, -0.05) is 11.3 Å². The number of aromatic nitrogens is 6. The summed E-state index contributed by atoms with van der Waals surface area (Å²) in [5.74, 6) is 0.977. The molecule has 3 aromatic heterocycles. The van der Waals surface area contributed by atoms with Gasteiger partial charge in [0, 0.05) is 12.3 Å². The Hall–Kier alpha value is -2.81. The van der Waals surface area contributed by atoms with Gasteiger partial charge in [0.05, 0.1) is 17.3 Å². The number of hydrogen-bond donors (Lipinski definition) is 1. The lowest BCUT2D eigenvalue weighted by Gasteiger charge is -2.00. The first-order chi connectivity index (χ1) is 10.3. The van der Waals surface area contributed by atoms with E-state index in [4.69, 9.17) is 4.74 Å². The van der Waals surface area contributed by atoms with Gasteiger partial charge in [0.15, 0.2) is 10.8 Å². The monoisotopic (exact) mass is 300 g/mol. The summed E-state index contributed by atoms with van der Waals surface area (Å²) in [6.07, 6.45) is 1.48. The van der Waals surface area contributed by atoms with Crippen molar-refractivity contribution in [3.63, 3.8) is 0 Å². The first-order valence-corrected chi connectivity index (χ1v) is 6.82. The fourth-order valence-electron chi connectivity index (χ4n) is 2.14. The number of hydrogen-bond acceptors (Lipinski definition) is 7. The summed E-state index contributed by atoms with van der Waals surface area (Å²) in [4.78, 5) is 17.6. The molecule has 0 aliphatic rings. The van der Waals surface area contributed by atoms with E-state index in [2.05, 4.69) is 25.6 Å². The van der Waals surface area contributed by atoms with E-state index in [1.807, 2.05) is 18.2 Å². The summed E-state index contributed by atoms with van der Waals surface area (Å²) in [6, 6.07) is 5.57. The molecule has 0 atom stereocenters. The van der Waals surface area contributed by atoms with Crippen molar-refractivity contribution in [2.45, 2.75) is 0 Å². The lowest BCUT2D eigenvalue weighted by atomic mass is 10.3. The molecule has 0 aliphatic heterocycles. The zero-order chi connectivity index (χ0) is 14.4. The topological polar surface area (TPSA) is 98.1 Å². The molecule has 0 spiro atoms. The Morgan fingerprint density at radius 3 is 3.05 bits per heavy atom. The van der Waals surface area contributed by atoms with Gasteiger partial charge in [-0.15, -0.1) is 5.10 Å². The zero-order valence-corrected chi connectivity index (χ0v) is 11.6. The Bertz CT molecular complexity index is 1000. The average Bonchev–Trinajstić information content (AvgIpc) is 3.14. The van der Waals surface area contributed by atoms with Crippen LogP contribution in [0.4, 0.5) is 0 Å². The van der Waals surface area contributed by atoms with Crippen LogP contribution in [0.1, 0.15) is 0 Å². The van der Waals surface area contributed by atoms with Gasteiger partial charge in [-0.25, -0.2) is 10.1 Å². The third kappa shape index (κ3) is 1.71. The molecule has 4 aromatic rings. The molecule has 104 valence electrons. The predicted molar refractivity (Wildman–Crippen MR) is 76.6 cm³/mol. The number of thiazole rings is 1. The second-order valence-corrected chi connectivity index (χ2v) is 5.29. The molecule has 0 bridgehead atoms. The summed E-state index contributed by atoms with van der Waals surface area (Å²) >= 11 is 1.44. The molecule has 0 unspecified atom stereocenters. The summed E-state index contributed by atoms with van der Waals surface area (Å²) in [6.45, 7) is 0. The fourth-order valence-corrected chi connectivity index (χ4v) is 3.11. The van der Waals surface area contributed by atoms with Crippen LogP contribution in [0.5, 0.6) is 5.75 Å². The van der Waals surface area contributed by atoms with Crippen molar-refractivity contribution < 1.29 is 4.74 Å². The number of fused-ring (bicyclic) bond motifs is 3. The third-order valence-electron chi connectivity index (χ3n) is 3.14. The minimum Gasteiger partial charge on any atom is -0.497 e. The molecule has 4 rings (SSSR count). The molecule has 1 aromatic carbocycles. The van der Waals surface area contributed by atoms with E-state index >= 15 is 0 Å². The minimum atomic E-state index is -0.224. The van der Waals surface area contributed by atoms with E-state index in [9.17, 15) is 4.79 Å². The van der Waals surface area contributed by atoms with Crippen LogP contribution in [-0.4, -0.2) is 37.1 Å². The quantitative estimate of drug-likeness (QED) is 0.595. The molecule has 21 heavy (non-hydrogen) atoms. The van der Waals surface area contributed by atoms with Crippen molar-refractivity contribution in [2.24, 2.45) is 0 Å². The number of nitrogens with zero attached hydrogens (tertiary/aromatic N) is 5. The van der Waals surface area contributed by atoms with Crippen LogP contribution >= 0.6 is 11.3 Å². The van der Waals surface area contributed by atoms with Crippen molar-refractivity contribution in [3.05, 3.63) is 34.7 Å². The van der Waals surface area contributed by atoms with Gasteiger partial charge in [0.1, 0.15) is 11.3 Å². The molecular weight excluding hydrogens is 292 g/mol. The Kier molecular flexibility index (Phi) is 2.48. The van der Waals surface area contributed by atoms with Gasteiger partial charge in [0.25, 0.3) is 5.56 Å². The molecule has 0 saturated carbocycles. The smallest absolute Gasteiger partial charge is 0.270 e. The van der Waals surface area contributed by atoms with Crippen molar-refractivity contribution >= 4 is 26.5 Å². The van der Waals surface area contributed by atoms with Crippen LogP contribution in [0.25, 0.3) is 26.6 Å². The number of methoxy groups -OCH3 is 1. The van der Waals surface area contributed by atoms with Gasteiger partial charge in [-0.2, -0.15) is 0 Å². The van der Waals surface area contributed by atoms with Crippen molar-refractivity contribution in [1.29, 1.82) is 0 Å². The van der Waals surface area contributed by atoms with Crippen LogP contribution in [0.15, 0.2) is 29.2 Å². The van der Waals surface area contributed by atoms with E-state index in [0.717, 1.165) is 10.2 Å². The molecule has 0 aliphatic carbocycles. The highest BCUT2D eigenvalue weighted by molar-refractivity contribution is 7.23. The van der Waals surface area contributed by atoms with Gasteiger partial charge < -0.3 is 4.74 Å². The van der Waals surface area contributed by atoms with Crippen LogP contribution in [0, 0.1) is 0 Å². The van der Waals surface area contributed by atoms with Crippen LogP contribution < -0.4 is 10.3 Å². The Labute approximate surface area is 121 Å². The molecule has 8 nitrogen and oxygen atoms in total. The Balaban J connectivity index is 2.12. The molecule has 0 fully saturated rings. The van der Waals surface area contributed by atoms with Crippen molar-refractivity contribution in [3.8, 4) is 17.1 Å². The van der Waals surface area contributed by atoms with Crippen molar-refractivity contribution in [2.75, 3.05) is 7.11 Å². The predicted octanol–water partition coefficient (Wildman–Crippen LogP) is 1.10. The van der Waals surface area contributed by atoms with Gasteiger partial charge in [-0.05, 0) is 22.6 Å². The van der Waals surface area contributed by atoms with E-state index in [1.165, 1.54) is 17.5 Å². The largest absolute Gasteiger partial charge is 0.497 e. The maximum atomic E-state index is 12.7. The number of rotatable bonds is 2. The first-order valence-electron chi connectivity index (χ1n) is 6.00. The molecule has 3 heterocycles. The molecular formula is C12H8N6O2S. The fraction of sp³-hybridized carbons (Fsp3) is 0.0833. The average molecular weight is 300 g/mol. The second-order valence-electron chi connectivity index (χ2n) is 4.28. The van der Waals surface area contributed by atoms with Gasteiger partial charge in [0.2, 0.25) is 0 Å². The Morgan fingerprint density at radius 2 is 2.29 bits per heavy atom. The summed E-state index contributed by atoms with van der Waals surface area (Å²) in [7, 11) is 1.59. The van der Waals surface area contributed by atoms with E-state index < -0.39 is 0 Å². The molecule has 0 radical (unpaired) electrons. The number of tetrazole rings is 1. The van der Waals surface area contributed by atoms with Crippen molar-refractivity contribution in [1.82, 2.24) is 30.0 Å². The van der Waals surface area contributed by atoms with Gasteiger partial charge >= 0.3 is 0 Å². The maximum absolute atomic E-state index is 12.7. The highest BCUT2D eigenvalue weighted by Crippen LogP contribution is 2.27. The number of aromatic amines is 1. The number of ether oxygens (including phenoxy) is 1. The zero-order valence-electron chi connectivity index (χ0n) is 10.8. The molecule has 0 saturated heterocycles. The van der Waals surface area contributed by atoms with Gasteiger partial charge in [-0.3, -0.25) is 9.20 Å². The van der Waals surface area contributed by atoms with Crippen LogP contribution in [0.2, 0.25) is 0 Å². The minimum absolute atomic E-state index is 0.224. The second kappa shape index (κ2) is 4.35. The van der Waals surface area contributed by atoms with E-state index in [1.54, 1.807) is 11.5 Å². The highest BCUT2D eigenvalue weighted by Gasteiger charge is 2.14. The highest BCUT2D eigenvalue weighted by atomic mass is 32.1. The summed E-state index contributed by atoms with van der Waals surface area (Å²) in [5, 5.41) is 13.3. The van der Waals surface area contributed by atoms with Crippen LogP contribution in [-0.2, 0) is 0 Å². The Morgan fingerprint density at radius 1 is 1.38 bits per heavy atom. The maximum Gasteiger partial charge on any atom is 0.270 e. The lowest BCUT2D eigenvalue weighted by molar-refractivity contribution is 0.415. The van der Waals surface area contributed by atoms with E-state index in [0.29, 0.717) is 22.1 Å². The standard InChI is InChI=1S/C12H8N6O2S/c1-20-6-2-3-9-8(4-6)18-11(19)7(5-13-12(18)21-9)10-14-16-17-15-10/h2-5H,1H3,(H,14,15,16,17). The number of H-pyrrole nitrogens is 1. The summed E-state index contributed by atoms with van der Waals surface area (Å²) < 4.78 is 7.71. The summed E-state index contributed by atoms with van der Waals surface area (Å²) in [5.41, 5.74) is 0.847. The molecule has 0 amide bonds. The molecule has 1 N–H and O–H groups in total.